The van der Waals surface area contributed by atoms with E-state index in [-0.39, 0.29) is 24.0 Å². The van der Waals surface area contributed by atoms with Crippen molar-refractivity contribution in [3.05, 3.63) is 60.3 Å². The number of hydrogen-bond acceptors (Lipinski definition) is 7. The highest BCUT2D eigenvalue weighted by Gasteiger charge is 2.35. The number of carbonyl (C=O) groups is 3. The molecule has 0 saturated carbocycles. The lowest BCUT2D eigenvalue weighted by Gasteiger charge is -2.27. The van der Waals surface area contributed by atoms with Crippen LogP contribution in [0.25, 0.3) is 33.4 Å². The van der Waals surface area contributed by atoms with Gasteiger partial charge in [0.05, 0.1) is 36.1 Å². The normalized spacial score (nSPS) is 15.5. The van der Waals surface area contributed by atoms with Gasteiger partial charge in [0.2, 0.25) is 5.91 Å². The number of unbranched alkanes of at least 4 members (excludes halogenated alkanes) is 1. The molecule has 1 aliphatic heterocycles. The first-order valence-corrected chi connectivity index (χ1v) is 16.7. The highest BCUT2D eigenvalue weighted by atomic mass is 16.6. The summed E-state index contributed by atoms with van der Waals surface area (Å²) in [5.74, 6) is 1.40. The third-order valence-electron chi connectivity index (χ3n) is 8.40. The van der Waals surface area contributed by atoms with Gasteiger partial charge in [0.25, 0.3) is 0 Å². The Hall–Kier alpha value is -4.87. The number of hydrogen-bond donors (Lipinski definition) is 4. The molecule has 12 nitrogen and oxygen atoms in total. The Kier molecular flexibility index (Phi) is 10.7. The largest absolute Gasteiger partial charge is 0.453 e. The molecule has 256 valence electrons. The van der Waals surface area contributed by atoms with Gasteiger partial charge in [0.1, 0.15) is 23.3 Å². The fraction of sp³-hybridized carbons (Fsp3) is 0.472. The Morgan fingerprint density at radius 3 is 2.46 bits per heavy atom. The van der Waals surface area contributed by atoms with Gasteiger partial charge >= 0.3 is 12.2 Å². The first kappa shape index (κ1) is 34.5. The summed E-state index contributed by atoms with van der Waals surface area (Å²) in [7, 11) is 1.28. The van der Waals surface area contributed by atoms with Crippen molar-refractivity contribution in [2.75, 3.05) is 20.2 Å². The molecule has 3 amide bonds. The van der Waals surface area contributed by atoms with Gasteiger partial charge in [0, 0.05) is 19.5 Å². The number of fused-ring (bicyclic) bond motifs is 1. The lowest BCUT2D eigenvalue weighted by atomic mass is 10.0. The average Bonchev–Trinajstić information content (AvgIpc) is 3.81. The van der Waals surface area contributed by atoms with Crippen LogP contribution < -0.4 is 10.6 Å². The van der Waals surface area contributed by atoms with Crippen molar-refractivity contribution in [1.29, 1.82) is 0 Å². The number of aryl methyl sites for hydroxylation is 1. The molecule has 3 heterocycles. The molecule has 2 aromatic carbocycles. The molecule has 0 aliphatic carbocycles. The zero-order chi connectivity index (χ0) is 34.4. The number of rotatable bonds is 11. The summed E-state index contributed by atoms with van der Waals surface area (Å²) in [6, 6.07) is 13.8. The number of aromatic nitrogens is 4. The Bertz CT molecular complexity index is 1720. The van der Waals surface area contributed by atoms with E-state index in [1.54, 1.807) is 4.90 Å². The summed E-state index contributed by atoms with van der Waals surface area (Å²) in [5.41, 5.74) is 5.41. The van der Waals surface area contributed by atoms with Crippen LogP contribution in [0.4, 0.5) is 9.59 Å². The van der Waals surface area contributed by atoms with Crippen molar-refractivity contribution in [2.45, 2.75) is 84.4 Å². The number of imidazole rings is 2. The molecule has 2 unspecified atom stereocenters. The molecule has 48 heavy (non-hydrogen) atoms. The van der Waals surface area contributed by atoms with Crippen molar-refractivity contribution < 1.29 is 23.9 Å². The fourth-order valence-corrected chi connectivity index (χ4v) is 5.91. The molecule has 1 fully saturated rings. The number of benzene rings is 2. The molecule has 5 rings (SSSR count). The number of amides is 3. The summed E-state index contributed by atoms with van der Waals surface area (Å²) >= 11 is 0. The van der Waals surface area contributed by atoms with Crippen LogP contribution >= 0.6 is 0 Å². The van der Waals surface area contributed by atoms with Gasteiger partial charge < -0.3 is 30.1 Å². The lowest BCUT2D eigenvalue weighted by molar-refractivity contribution is -0.124. The summed E-state index contributed by atoms with van der Waals surface area (Å²) in [6.07, 6.45) is 5.04. The van der Waals surface area contributed by atoms with E-state index in [0.29, 0.717) is 13.1 Å². The number of alkyl carbamates (subject to hydrolysis) is 1. The van der Waals surface area contributed by atoms with Crippen LogP contribution in [0.5, 0.6) is 0 Å². The maximum Gasteiger partial charge on any atom is 0.410 e. The molecule has 0 radical (unpaired) electrons. The molecule has 2 atom stereocenters. The Balaban J connectivity index is 1.15. The van der Waals surface area contributed by atoms with E-state index in [0.717, 1.165) is 77.2 Å². The van der Waals surface area contributed by atoms with E-state index in [2.05, 4.69) is 66.7 Å². The Morgan fingerprint density at radius 2 is 1.75 bits per heavy atom. The lowest BCUT2D eigenvalue weighted by Crippen LogP contribution is -2.49. The third kappa shape index (κ3) is 8.53. The summed E-state index contributed by atoms with van der Waals surface area (Å²) in [6.45, 7) is 10.5. The predicted molar refractivity (Wildman–Crippen MR) is 184 cm³/mol. The molecular formula is C36H47N7O5. The number of methoxy groups -OCH3 is 1. The van der Waals surface area contributed by atoms with Gasteiger partial charge in [-0.15, -0.1) is 0 Å². The first-order valence-electron chi connectivity index (χ1n) is 16.7. The van der Waals surface area contributed by atoms with E-state index >= 15 is 0 Å². The maximum atomic E-state index is 12.8. The number of carbonyl (C=O) groups excluding carboxylic acids is 3. The molecular weight excluding hydrogens is 610 g/mol. The van der Waals surface area contributed by atoms with Gasteiger partial charge in [-0.25, -0.2) is 19.6 Å². The number of nitrogens with zero attached hydrogens (tertiary/aromatic N) is 3. The standard InChI is InChI=1S/C36H47N7O5/c1-22(2)31(42-34(45)47-6)33(44)37-18-8-7-11-30-39-26-17-16-25(20-27(26)40-30)23-12-14-24(15-13-23)28-21-38-32(41-28)29-10-9-19-43(29)35(46)48-36(3,4)5/h12-17,20-22,29,31H,7-11,18-19H2,1-6H3,(H,37,44)(H,38,41)(H,39,40)(H,42,45). The van der Waals surface area contributed by atoms with Crippen molar-refractivity contribution in [1.82, 2.24) is 35.5 Å². The molecule has 0 bridgehead atoms. The fourth-order valence-electron chi connectivity index (χ4n) is 5.91. The number of aromatic amines is 2. The van der Waals surface area contributed by atoms with E-state index < -0.39 is 17.7 Å². The average molecular weight is 658 g/mol. The molecule has 4 N–H and O–H groups in total. The van der Waals surface area contributed by atoms with Crippen LogP contribution in [-0.4, -0.2) is 74.8 Å². The van der Waals surface area contributed by atoms with E-state index in [4.69, 9.17) is 9.72 Å². The number of likely N-dealkylation sites (tertiary alicyclic amines) is 1. The van der Waals surface area contributed by atoms with E-state index in [1.807, 2.05) is 46.9 Å². The van der Waals surface area contributed by atoms with Crippen LogP contribution in [0.2, 0.25) is 0 Å². The van der Waals surface area contributed by atoms with Gasteiger partial charge in [-0.05, 0) is 81.2 Å². The Morgan fingerprint density at radius 1 is 1.02 bits per heavy atom. The van der Waals surface area contributed by atoms with Crippen LogP contribution in [0, 0.1) is 5.92 Å². The SMILES string of the molecule is COC(=O)NC(C(=O)NCCCCc1nc2ccc(-c3ccc(-c4cnc(C5CCCN5C(=O)OC(C)(C)C)[nH]4)cc3)cc2[nH]1)C(C)C. The van der Waals surface area contributed by atoms with E-state index in [9.17, 15) is 14.4 Å². The summed E-state index contributed by atoms with van der Waals surface area (Å²) in [5, 5.41) is 5.50. The van der Waals surface area contributed by atoms with Crippen LogP contribution in [-0.2, 0) is 20.7 Å². The smallest absolute Gasteiger partial charge is 0.410 e. The minimum Gasteiger partial charge on any atom is -0.453 e. The second-order valence-corrected chi connectivity index (χ2v) is 13.6. The number of nitrogens with one attached hydrogen (secondary N) is 4. The second kappa shape index (κ2) is 14.9. The molecule has 0 spiro atoms. The van der Waals surface area contributed by atoms with E-state index in [1.165, 1.54) is 7.11 Å². The van der Waals surface area contributed by atoms with Gasteiger partial charge in [-0.3, -0.25) is 9.69 Å². The van der Waals surface area contributed by atoms with Crippen molar-refractivity contribution in [3.63, 3.8) is 0 Å². The Labute approximate surface area is 281 Å². The quantitative estimate of drug-likeness (QED) is 0.134. The number of H-pyrrole nitrogens is 2. The van der Waals surface area contributed by atoms with Crippen molar-refractivity contribution >= 4 is 29.1 Å². The van der Waals surface area contributed by atoms with Crippen LogP contribution in [0.15, 0.2) is 48.7 Å². The monoisotopic (exact) mass is 657 g/mol. The molecule has 4 aromatic rings. The summed E-state index contributed by atoms with van der Waals surface area (Å²) in [4.78, 5) is 54.9. The van der Waals surface area contributed by atoms with Crippen LogP contribution in [0.3, 0.4) is 0 Å². The molecule has 12 heteroatoms. The zero-order valence-electron chi connectivity index (χ0n) is 28.7. The van der Waals surface area contributed by atoms with Crippen molar-refractivity contribution in [2.24, 2.45) is 5.92 Å². The van der Waals surface area contributed by atoms with Crippen molar-refractivity contribution in [3.8, 4) is 22.4 Å². The van der Waals surface area contributed by atoms with Crippen LogP contribution in [0.1, 0.15) is 78.0 Å². The zero-order valence-corrected chi connectivity index (χ0v) is 28.7. The van der Waals surface area contributed by atoms with Gasteiger partial charge in [-0.2, -0.15) is 0 Å². The number of ether oxygens (including phenoxy) is 2. The van der Waals surface area contributed by atoms with Gasteiger partial charge in [-0.1, -0.05) is 44.2 Å². The van der Waals surface area contributed by atoms with Gasteiger partial charge in [0.15, 0.2) is 0 Å². The predicted octanol–water partition coefficient (Wildman–Crippen LogP) is 6.51. The summed E-state index contributed by atoms with van der Waals surface area (Å²) < 4.78 is 10.2. The minimum absolute atomic E-state index is 0.0614. The topological polar surface area (TPSA) is 154 Å². The maximum absolute atomic E-state index is 12.8. The minimum atomic E-state index is -0.642. The molecule has 2 aromatic heterocycles. The highest BCUT2D eigenvalue weighted by Crippen LogP contribution is 2.33. The third-order valence-corrected chi connectivity index (χ3v) is 8.40. The molecule has 1 saturated heterocycles. The highest BCUT2D eigenvalue weighted by molar-refractivity contribution is 5.86. The second-order valence-electron chi connectivity index (χ2n) is 13.6. The molecule has 1 aliphatic rings. The first-order chi connectivity index (χ1) is 22.9.